The number of likely N-dealkylation sites (tertiary alicyclic amines) is 1. The zero-order valence-corrected chi connectivity index (χ0v) is 14.3. The van der Waals surface area contributed by atoms with Gasteiger partial charge in [0.25, 0.3) is 0 Å². The molecule has 5 heteroatoms. The van der Waals surface area contributed by atoms with Gasteiger partial charge in [0.1, 0.15) is 5.60 Å². The van der Waals surface area contributed by atoms with E-state index in [0.29, 0.717) is 12.0 Å². The Bertz CT molecular complexity index is 318. The highest BCUT2D eigenvalue weighted by molar-refractivity contribution is 5.68. The van der Waals surface area contributed by atoms with Crippen LogP contribution in [-0.2, 0) is 4.74 Å². The van der Waals surface area contributed by atoms with Crippen LogP contribution in [0.3, 0.4) is 0 Å². The van der Waals surface area contributed by atoms with Gasteiger partial charge in [-0.1, -0.05) is 0 Å². The minimum Gasteiger partial charge on any atom is -0.444 e. The highest BCUT2D eigenvalue weighted by Gasteiger charge is 2.27. The summed E-state index contributed by atoms with van der Waals surface area (Å²) in [5.41, 5.74) is -0.427. The van der Waals surface area contributed by atoms with Gasteiger partial charge in [-0.3, -0.25) is 4.90 Å². The largest absolute Gasteiger partial charge is 0.444 e. The zero-order valence-electron chi connectivity index (χ0n) is 14.3. The lowest BCUT2D eigenvalue weighted by Crippen LogP contribution is -2.45. The summed E-state index contributed by atoms with van der Waals surface area (Å²) in [6.45, 7) is 13.5. The molecule has 1 N–H and O–H groups in total. The van der Waals surface area contributed by atoms with E-state index in [4.69, 9.17) is 9.84 Å². The molecule has 1 aliphatic heterocycles. The molecule has 0 radical (unpaired) electrons. The standard InChI is InChI=1S/C16H32N2O3/c1-13(2)18(10-11-19)12-14-6-8-17(9-7-14)15(20)21-16(3,4)5/h13-14,19H,6-12H2,1-5H3. The number of piperidine rings is 1. The highest BCUT2D eigenvalue weighted by atomic mass is 16.6. The van der Waals surface area contributed by atoms with E-state index in [0.717, 1.165) is 39.0 Å². The summed E-state index contributed by atoms with van der Waals surface area (Å²) in [6.07, 6.45) is 1.82. The van der Waals surface area contributed by atoms with Crippen LogP contribution >= 0.6 is 0 Å². The maximum atomic E-state index is 12.0. The van der Waals surface area contributed by atoms with Gasteiger partial charge in [-0.05, 0) is 53.4 Å². The second-order valence-electron chi connectivity index (χ2n) is 7.22. The van der Waals surface area contributed by atoms with Gasteiger partial charge in [-0.15, -0.1) is 0 Å². The molecule has 0 bridgehead atoms. The molecule has 0 aliphatic carbocycles. The van der Waals surface area contributed by atoms with Crippen LogP contribution in [0.4, 0.5) is 4.79 Å². The van der Waals surface area contributed by atoms with E-state index in [1.807, 2.05) is 25.7 Å². The Morgan fingerprint density at radius 3 is 2.33 bits per heavy atom. The van der Waals surface area contributed by atoms with E-state index in [1.54, 1.807) is 0 Å². The number of rotatable bonds is 5. The number of hydrogen-bond acceptors (Lipinski definition) is 4. The van der Waals surface area contributed by atoms with Crippen LogP contribution in [0.1, 0.15) is 47.5 Å². The summed E-state index contributed by atoms with van der Waals surface area (Å²) in [5.74, 6) is 0.595. The molecule has 1 rings (SSSR count). The number of nitrogens with zero attached hydrogens (tertiary/aromatic N) is 2. The predicted molar refractivity (Wildman–Crippen MR) is 84.3 cm³/mol. The topological polar surface area (TPSA) is 53.0 Å². The Balaban J connectivity index is 2.39. The predicted octanol–water partition coefficient (Wildman–Crippen LogP) is 2.34. The molecule has 0 aromatic rings. The molecule has 0 aromatic carbocycles. The third-order valence-corrected chi connectivity index (χ3v) is 3.88. The number of ether oxygens (including phenoxy) is 1. The van der Waals surface area contributed by atoms with Crippen molar-refractivity contribution >= 4 is 6.09 Å². The Hall–Kier alpha value is -0.810. The van der Waals surface area contributed by atoms with Gasteiger partial charge < -0.3 is 14.7 Å². The quantitative estimate of drug-likeness (QED) is 0.847. The number of aliphatic hydroxyl groups excluding tert-OH is 1. The summed E-state index contributed by atoms with van der Waals surface area (Å²) in [7, 11) is 0. The lowest BCUT2D eigenvalue weighted by Gasteiger charge is -2.36. The fourth-order valence-electron chi connectivity index (χ4n) is 2.64. The van der Waals surface area contributed by atoms with Gasteiger partial charge in [0.05, 0.1) is 6.61 Å². The van der Waals surface area contributed by atoms with Crippen molar-refractivity contribution in [2.75, 3.05) is 32.8 Å². The van der Waals surface area contributed by atoms with Gasteiger partial charge in [0, 0.05) is 32.2 Å². The Morgan fingerprint density at radius 1 is 1.33 bits per heavy atom. The van der Waals surface area contributed by atoms with Crippen molar-refractivity contribution in [2.24, 2.45) is 5.92 Å². The fraction of sp³-hybridized carbons (Fsp3) is 0.938. The van der Waals surface area contributed by atoms with Crippen molar-refractivity contribution in [3.63, 3.8) is 0 Å². The third kappa shape index (κ3) is 6.66. The normalized spacial score (nSPS) is 17.6. The molecule has 1 heterocycles. The smallest absolute Gasteiger partial charge is 0.410 e. The molecular weight excluding hydrogens is 268 g/mol. The molecule has 0 atom stereocenters. The average molecular weight is 300 g/mol. The minimum atomic E-state index is -0.427. The molecule has 21 heavy (non-hydrogen) atoms. The fourth-order valence-corrected chi connectivity index (χ4v) is 2.64. The molecule has 0 aromatic heterocycles. The lowest BCUT2D eigenvalue weighted by molar-refractivity contribution is 0.0161. The number of carbonyl (C=O) groups is 1. The number of hydrogen-bond donors (Lipinski definition) is 1. The van der Waals surface area contributed by atoms with E-state index in [2.05, 4.69) is 18.7 Å². The maximum absolute atomic E-state index is 12.0. The maximum Gasteiger partial charge on any atom is 0.410 e. The van der Waals surface area contributed by atoms with Crippen molar-refractivity contribution < 1.29 is 14.6 Å². The van der Waals surface area contributed by atoms with Crippen LogP contribution in [0.15, 0.2) is 0 Å². The number of aliphatic hydroxyl groups is 1. The summed E-state index contributed by atoms with van der Waals surface area (Å²) in [6, 6.07) is 0.445. The molecule has 5 nitrogen and oxygen atoms in total. The zero-order chi connectivity index (χ0) is 16.0. The van der Waals surface area contributed by atoms with Crippen LogP contribution in [0.25, 0.3) is 0 Å². The van der Waals surface area contributed by atoms with Crippen molar-refractivity contribution in [3.05, 3.63) is 0 Å². The first-order valence-electron chi connectivity index (χ1n) is 8.05. The molecule has 1 saturated heterocycles. The van der Waals surface area contributed by atoms with E-state index in [9.17, 15) is 4.79 Å². The summed E-state index contributed by atoms with van der Waals surface area (Å²) >= 11 is 0. The third-order valence-electron chi connectivity index (χ3n) is 3.88. The highest BCUT2D eigenvalue weighted by Crippen LogP contribution is 2.21. The van der Waals surface area contributed by atoms with Crippen LogP contribution in [-0.4, -0.2) is 65.4 Å². The average Bonchev–Trinajstić information content (AvgIpc) is 2.36. The molecule has 1 amide bonds. The van der Waals surface area contributed by atoms with E-state index in [-0.39, 0.29) is 12.7 Å². The van der Waals surface area contributed by atoms with Crippen molar-refractivity contribution in [2.45, 2.75) is 59.1 Å². The van der Waals surface area contributed by atoms with Crippen LogP contribution in [0, 0.1) is 5.92 Å². The van der Waals surface area contributed by atoms with Crippen molar-refractivity contribution in [1.82, 2.24) is 9.80 Å². The van der Waals surface area contributed by atoms with Crippen LogP contribution in [0.2, 0.25) is 0 Å². The van der Waals surface area contributed by atoms with Crippen molar-refractivity contribution in [1.29, 1.82) is 0 Å². The molecule has 1 fully saturated rings. The van der Waals surface area contributed by atoms with E-state index < -0.39 is 5.60 Å². The monoisotopic (exact) mass is 300 g/mol. The van der Waals surface area contributed by atoms with Gasteiger partial charge >= 0.3 is 6.09 Å². The van der Waals surface area contributed by atoms with Gasteiger partial charge in [-0.25, -0.2) is 4.79 Å². The first-order chi connectivity index (χ1) is 9.73. The molecule has 0 saturated carbocycles. The summed E-state index contributed by atoms with van der Waals surface area (Å²) in [4.78, 5) is 16.1. The molecule has 0 spiro atoms. The first kappa shape index (κ1) is 18.2. The van der Waals surface area contributed by atoms with E-state index in [1.165, 1.54) is 0 Å². The second-order valence-corrected chi connectivity index (χ2v) is 7.22. The first-order valence-corrected chi connectivity index (χ1v) is 8.05. The lowest BCUT2D eigenvalue weighted by atomic mass is 9.96. The van der Waals surface area contributed by atoms with Gasteiger partial charge in [0.15, 0.2) is 0 Å². The SMILES string of the molecule is CC(C)N(CCO)CC1CCN(C(=O)OC(C)(C)C)CC1. The molecular formula is C16H32N2O3. The molecule has 124 valence electrons. The molecule has 0 unspecified atom stereocenters. The number of amides is 1. The van der Waals surface area contributed by atoms with Crippen LogP contribution in [0.5, 0.6) is 0 Å². The number of carbonyl (C=O) groups excluding carboxylic acids is 1. The van der Waals surface area contributed by atoms with Crippen molar-refractivity contribution in [3.8, 4) is 0 Å². The summed E-state index contributed by atoms with van der Waals surface area (Å²) in [5, 5.41) is 9.13. The van der Waals surface area contributed by atoms with Gasteiger partial charge in [0.2, 0.25) is 0 Å². The summed E-state index contributed by atoms with van der Waals surface area (Å²) < 4.78 is 5.41. The van der Waals surface area contributed by atoms with E-state index >= 15 is 0 Å². The Morgan fingerprint density at radius 2 is 1.90 bits per heavy atom. The Labute approximate surface area is 129 Å². The van der Waals surface area contributed by atoms with Crippen LogP contribution < -0.4 is 0 Å². The Kier molecular flexibility index (Phi) is 6.94. The molecule has 1 aliphatic rings. The second kappa shape index (κ2) is 7.99. The minimum absolute atomic E-state index is 0.197. The van der Waals surface area contributed by atoms with Gasteiger partial charge in [-0.2, -0.15) is 0 Å².